The molecule has 0 saturated heterocycles. The molecule has 6 nitrogen and oxygen atoms in total. The van der Waals surface area contributed by atoms with Crippen molar-refractivity contribution in [3.8, 4) is 5.75 Å². The Morgan fingerprint density at radius 2 is 1.69 bits per heavy atom. The van der Waals surface area contributed by atoms with Crippen LogP contribution >= 0.6 is 11.6 Å². The van der Waals surface area contributed by atoms with Crippen molar-refractivity contribution >= 4 is 34.8 Å². The number of ether oxygens (including phenoxy) is 1. The van der Waals surface area contributed by atoms with Gasteiger partial charge in [-0.3, -0.25) is 9.59 Å². The van der Waals surface area contributed by atoms with Gasteiger partial charge in [-0.1, -0.05) is 11.6 Å². The van der Waals surface area contributed by atoms with Gasteiger partial charge in [-0.15, -0.1) is 0 Å². The predicted molar refractivity (Wildman–Crippen MR) is 98.3 cm³/mol. The molecule has 1 unspecified atom stereocenters. The van der Waals surface area contributed by atoms with Gasteiger partial charge in [0.05, 0.1) is 19.8 Å². The molecule has 0 aliphatic carbocycles. The molecule has 2 aromatic carbocycles. The van der Waals surface area contributed by atoms with E-state index in [0.717, 1.165) is 6.07 Å². The summed E-state index contributed by atoms with van der Waals surface area (Å²) >= 11 is 5.67. The number of carbonyl (C=O) groups excluding carboxylic acids is 2. The summed E-state index contributed by atoms with van der Waals surface area (Å²) < 4.78 is 18.7. The number of nitrogens with one attached hydrogen (secondary N) is 3. The van der Waals surface area contributed by atoms with E-state index in [0.29, 0.717) is 16.3 Å². The molecule has 26 heavy (non-hydrogen) atoms. The zero-order valence-electron chi connectivity index (χ0n) is 14.4. The van der Waals surface area contributed by atoms with Crippen molar-refractivity contribution in [2.45, 2.75) is 0 Å². The van der Waals surface area contributed by atoms with E-state index in [1.165, 1.54) is 12.1 Å². The number of methoxy groups -OCH3 is 1. The third-order valence-electron chi connectivity index (χ3n) is 3.50. The molecule has 8 heteroatoms. The topological polar surface area (TPSA) is 71.9 Å². The van der Waals surface area contributed by atoms with Gasteiger partial charge in [-0.05, 0) is 42.5 Å². The van der Waals surface area contributed by atoms with Gasteiger partial charge in [0.1, 0.15) is 11.6 Å². The van der Waals surface area contributed by atoms with E-state index in [1.807, 2.05) is 0 Å². The lowest BCUT2D eigenvalue weighted by Crippen LogP contribution is -3.11. The summed E-state index contributed by atoms with van der Waals surface area (Å²) in [5, 5.41) is 5.45. The number of likely N-dealkylation sites (N-methyl/N-ethyl adjacent to an activating group) is 1. The summed E-state index contributed by atoms with van der Waals surface area (Å²) in [6.07, 6.45) is 0. The van der Waals surface area contributed by atoms with Crippen molar-refractivity contribution in [1.82, 2.24) is 0 Å². The molecule has 1 atom stereocenters. The van der Waals surface area contributed by atoms with Crippen LogP contribution in [0.5, 0.6) is 5.75 Å². The molecule has 138 valence electrons. The number of amides is 2. The Morgan fingerprint density at radius 1 is 1.08 bits per heavy atom. The van der Waals surface area contributed by atoms with Crippen LogP contribution in [0.1, 0.15) is 0 Å². The van der Waals surface area contributed by atoms with Crippen LogP contribution in [0.25, 0.3) is 0 Å². The molecule has 0 bridgehead atoms. The van der Waals surface area contributed by atoms with Gasteiger partial charge in [0, 0.05) is 10.7 Å². The number of anilines is 2. The van der Waals surface area contributed by atoms with Gasteiger partial charge in [0.25, 0.3) is 11.8 Å². The van der Waals surface area contributed by atoms with E-state index in [-0.39, 0.29) is 29.7 Å². The molecule has 0 fully saturated rings. The first-order chi connectivity index (χ1) is 12.4. The molecular formula is C18H20ClFN3O3+. The first kappa shape index (κ1) is 19.7. The van der Waals surface area contributed by atoms with Crippen LogP contribution in [-0.4, -0.2) is 39.1 Å². The normalized spacial score (nSPS) is 11.5. The zero-order chi connectivity index (χ0) is 19.1. The van der Waals surface area contributed by atoms with Crippen molar-refractivity contribution in [3.05, 3.63) is 53.3 Å². The molecule has 3 N–H and O–H groups in total. The number of carbonyl (C=O) groups is 2. The highest BCUT2D eigenvalue weighted by atomic mass is 35.5. The smallest absolute Gasteiger partial charge is 0.279 e. The van der Waals surface area contributed by atoms with Crippen LogP contribution in [0.3, 0.4) is 0 Å². The summed E-state index contributed by atoms with van der Waals surface area (Å²) in [6, 6.07) is 10.9. The second-order valence-corrected chi connectivity index (χ2v) is 6.20. The van der Waals surface area contributed by atoms with Crippen LogP contribution in [0.4, 0.5) is 15.8 Å². The average Bonchev–Trinajstić information content (AvgIpc) is 2.57. The van der Waals surface area contributed by atoms with Crippen molar-refractivity contribution in [2.75, 3.05) is 37.9 Å². The highest BCUT2D eigenvalue weighted by Gasteiger charge is 2.16. The molecule has 0 aliphatic heterocycles. The summed E-state index contributed by atoms with van der Waals surface area (Å²) in [5.74, 6) is -0.559. The molecule has 0 spiro atoms. The van der Waals surface area contributed by atoms with Crippen molar-refractivity contribution in [2.24, 2.45) is 0 Å². The van der Waals surface area contributed by atoms with Crippen molar-refractivity contribution < 1.29 is 23.6 Å². The lowest BCUT2D eigenvalue weighted by molar-refractivity contribution is -0.862. The molecule has 0 aliphatic rings. The highest BCUT2D eigenvalue weighted by Crippen LogP contribution is 2.18. The quantitative estimate of drug-likeness (QED) is 0.683. The van der Waals surface area contributed by atoms with Crippen molar-refractivity contribution in [3.63, 3.8) is 0 Å². The van der Waals surface area contributed by atoms with E-state index < -0.39 is 11.7 Å². The van der Waals surface area contributed by atoms with E-state index in [2.05, 4.69) is 10.6 Å². The van der Waals surface area contributed by atoms with Crippen LogP contribution in [0.15, 0.2) is 42.5 Å². The zero-order valence-corrected chi connectivity index (χ0v) is 15.2. The van der Waals surface area contributed by atoms with Crippen LogP contribution in [0, 0.1) is 5.82 Å². The third kappa shape index (κ3) is 6.02. The maximum absolute atomic E-state index is 13.7. The Bertz CT molecular complexity index is 784. The molecule has 2 amide bonds. The fourth-order valence-corrected chi connectivity index (χ4v) is 2.43. The lowest BCUT2D eigenvalue weighted by Gasteiger charge is -2.14. The summed E-state index contributed by atoms with van der Waals surface area (Å²) in [6.45, 7) is 0.0979. The van der Waals surface area contributed by atoms with Crippen LogP contribution in [0.2, 0.25) is 5.02 Å². The molecule has 0 aromatic heterocycles. The number of rotatable bonds is 7. The molecular weight excluding hydrogens is 361 g/mol. The minimum absolute atomic E-state index is 0.0120. The van der Waals surface area contributed by atoms with Gasteiger partial charge in [0.15, 0.2) is 13.1 Å². The number of quaternary nitrogens is 1. The van der Waals surface area contributed by atoms with Gasteiger partial charge in [0.2, 0.25) is 0 Å². The molecule has 0 radical (unpaired) electrons. The van der Waals surface area contributed by atoms with Gasteiger partial charge in [-0.2, -0.15) is 0 Å². The predicted octanol–water partition coefficient (Wildman–Crippen LogP) is 1.58. The summed E-state index contributed by atoms with van der Waals surface area (Å²) in [5.41, 5.74) is 0.686. The van der Waals surface area contributed by atoms with Crippen LogP contribution < -0.4 is 20.3 Å². The second kappa shape index (κ2) is 9.17. The lowest BCUT2D eigenvalue weighted by atomic mass is 10.3. The Hall–Kier alpha value is -2.64. The Morgan fingerprint density at radius 3 is 2.27 bits per heavy atom. The Labute approximate surface area is 155 Å². The number of hydrogen-bond donors (Lipinski definition) is 3. The third-order valence-corrected chi connectivity index (χ3v) is 3.74. The number of hydrogen-bond acceptors (Lipinski definition) is 3. The van der Waals surface area contributed by atoms with Gasteiger partial charge >= 0.3 is 0 Å². The summed E-state index contributed by atoms with van der Waals surface area (Å²) in [7, 11) is 3.26. The van der Waals surface area contributed by atoms with E-state index in [9.17, 15) is 14.0 Å². The minimum atomic E-state index is -0.610. The van der Waals surface area contributed by atoms with E-state index in [4.69, 9.17) is 16.3 Å². The highest BCUT2D eigenvalue weighted by molar-refractivity contribution is 6.30. The Balaban J connectivity index is 1.81. The monoisotopic (exact) mass is 380 g/mol. The van der Waals surface area contributed by atoms with Crippen LogP contribution in [-0.2, 0) is 9.59 Å². The van der Waals surface area contributed by atoms with Gasteiger partial charge in [-0.25, -0.2) is 4.39 Å². The molecule has 0 saturated carbocycles. The largest absolute Gasteiger partial charge is 0.497 e. The molecule has 2 aromatic rings. The second-order valence-electron chi connectivity index (χ2n) is 5.76. The summed E-state index contributed by atoms with van der Waals surface area (Å²) in [4.78, 5) is 24.7. The van der Waals surface area contributed by atoms with E-state index in [1.54, 1.807) is 38.4 Å². The van der Waals surface area contributed by atoms with Gasteiger partial charge < -0.3 is 20.3 Å². The fourth-order valence-electron chi connectivity index (χ4n) is 2.28. The minimum Gasteiger partial charge on any atom is -0.497 e. The fraction of sp³-hybridized carbons (Fsp3) is 0.222. The van der Waals surface area contributed by atoms with E-state index >= 15 is 0 Å². The average molecular weight is 381 g/mol. The maximum Gasteiger partial charge on any atom is 0.279 e. The SMILES string of the molecule is COc1ccc(NC(=O)C[NH+](C)CC(=O)Nc2ccc(Cl)cc2F)cc1. The number of benzene rings is 2. The molecule has 2 rings (SSSR count). The first-order valence-electron chi connectivity index (χ1n) is 7.87. The number of halogens is 2. The Kier molecular flexibility index (Phi) is 6.94. The standard InChI is InChI=1S/C18H19ClFN3O3/c1-23(10-17(24)21-13-4-6-14(26-2)7-5-13)11-18(25)22-16-8-3-12(19)9-15(16)20/h3-9H,10-11H2,1-2H3,(H,21,24)(H,22,25)/p+1. The first-order valence-corrected chi connectivity index (χ1v) is 8.25. The van der Waals surface area contributed by atoms with Crippen molar-refractivity contribution in [1.29, 1.82) is 0 Å². The molecule has 0 heterocycles. The maximum atomic E-state index is 13.7.